The molecule has 0 unspecified atom stereocenters. The first-order valence-electron chi connectivity index (χ1n) is 6.12. The van der Waals surface area contributed by atoms with E-state index in [9.17, 15) is 21.4 Å². The zero-order valence-electron chi connectivity index (χ0n) is 11.8. The summed E-state index contributed by atoms with van der Waals surface area (Å²) in [6.07, 6.45) is 1.45. The third-order valence-electron chi connectivity index (χ3n) is 2.92. The molecule has 2 rings (SSSR count). The fourth-order valence-electron chi connectivity index (χ4n) is 1.79. The van der Waals surface area contributed by atoms with Crippen LogP contribution >= 0.6 is 0 Å². The molecular formula is C14H13F2NO3S2. The average Bonchev–Trinajstić information content (AvgIpc) is 2.42. The quantitative estimate of drug-likeness (QED) is 0.927. The molecule has 2 aromatic carbocycles. The molecule has 0 saturated carbocycles. The molecule has 1 N–H and O–H groups in total. The largest absolute Gasteiger partial charge is 0.280 e. The van der Waals surface area contributed by atoms with E-state index in [2.05, 4.69) is 4.72 Å². The van der Waals surface area contributed by atoms with Crippen LogP contribution in [0.2, 0.25) is 0 Å². The Kier molecular flexibility index (Phi) is 4.62. The summed E-state index contributed by atoms with van der Waals surface area (Å²) in [4.78, 5) is -0.217. The molecule has 0 heterocycles. The number of sulfonamides is 1. The highest BCUT2D eigenvalue weighted by Crippen LogP contribution is 2.22. The number of hydrogen-bond donors (Lipinski definition) is 1. The fraction of sp³-hybridized carbons (Fsp3) is 0.143. The Morgan fingerprint density at radius 3 is 2.41 bits per heavy atom. The SMILES string of the molecule is Cc1cc(S(=O)(=O)Nc2cccc([S@@](C)=O)c2)c(F)cc1F. The van der Waals surface area contributed by atoms with Gasteiger partial charge in [0, 0.05) is 28.0 Å². The highest BCUT2D eigenvalue weighted by molar-refractivity contribution is 7.92. The number of aryl methyl sites for hydroxylation is 1. The second-order valence-corrected chi connectivity index (χ2v) is 7.65. The van der Waals surface area contributed by atoms with Crippen molar-refractivity contribution in [2.45, 2.75) is 16.7 Å². The molecule has 118 valence electrons. The minimum Gasteiger partial charge on any atom is -0.280 e. The predicted molar refractivity (Wildman–Crippen MR) is 80.7 cm³/mol. The zero-order chi connectivity index (χ0) is 16.5. The van der Waals surface area contributed by atoms with E-state index in [-0.39, 0.29) is 11.3 Å². The Hall–Kier alpha value is -1.80. The van der Waals surface area contributed by atoms with Crippen LogP contribution < -0.4 is 4.72 Å². The van der Waals surface area contributed by atoms with Crippen molar-refractivity contribution in [3.8, 4) is 0 Å². The first-order valence-corrected chi connectivity index (χ1v) is 9.17. The minimum atomic E-state index is -4.22. The van der Waals surface area contributed by atoms with Crippen molar-refractivity contribution >= 4 is 26.5 Å². The average molecular weight is 345 g/mol. The van der Waals surface area contributed by atoms with E-state index in [1.165, 1.54) is 31.4 Å². The lowest BCUT2D eigenvalue weighted by atomic mass is 10.2. The monoisotopic (exact) mass is 345 g/mol. The smallest absolute Gasteiger partial charge is 0.264 e. The van der Waals surface area contributed by atoms with Crippen LogP contribution in [-0.4, -0.2) is 18.9 Å². The molecule has 0 aromatic heterocycles. The normalized spacial score (nSPS) is 12.9. The van der Waals surface area contributed by atoms with Crippen molar-refractivity contribution in [3.63, 3.8) is 0 Å². The highest BCUT2D eigenvalue weighted by Gasteiger charge is 2.21. The van der Waals surface area contributed by atoms with Gasteiger partial charge in [-0.1, -0.05) is 6.07 Å². The van der Waals surface area contributed by atoms with Crippen LogP contribution in [0.4, 0.5) is 14.5 Å². The molecule has 0 bridgehead atoms. The summed E-state index contributed by atoms with van der Waals surface area (Å²) in [7, 11) is -5.50. The number of hydrogen-bond acceptors (Lipinski definition) is 3. The predicted octanol–water partition coefficient (Wildman–Crippen LogP) is 2.81. The summed E-state index contributed by atoms with van der Waals surface area (Å²) in [5.41, 5.74) is 0.166. The molecule has 1 atom stereocenters. The molecular weight excluding hydrogens is 332 g/mol. The maximum atomic E-state index is 13.7. The first kappa shape index (κ1) is 16.6. The Morgan fingerprint density at radius 1 is 1.09 bits per heavy atom. The lowest BCUT2D eigenvalue weighted by molar-refractivity contribution is 0.547. The maximum Gasteiger partial charge on any atom is 0.264 e. The van der Waals surface area contributed by atoms with Crippen LogP contribution in [0.3, 0.4) is 0 Å². The summed E-state index contributed by atoms with van der Waals surface area (Å²) in [6, 6.07) is 7.40. The van der Waals surface area contributed by atoms with E-state index in [1.807, 2.05) is 0 Å². The third-order valence-corrected chi connectivity index (χ3v) is 5.23. The van der Waals surface area contributed by atoms with Crippen molar-refractivity contribution in [3.05, 3.63) is 53.6 Å². The molecule has 2 aromatic rings. The van der Waals surface area contributed by atoms with Crippen molar-refractivity contribution < 1.29 is 21.4 Å². The summed E-state index contributed by atoms with van der Waals surface area (Å²) >= 11 is 0. The van der Waals surface area contributed by atoms with Gasteiger partial charge in [-0.15, -0.1) is 0 Å². The molecule has 0 aliphatic rings. The van der Waals surface area contributed by atoms with Gasteiger partial charge in [0.25, 0.3) is 10.0 Å². The Balaban J connectivity index is 2.42. The van der Waals surface area contributed by atoms with Crippen molar-refractivity contribution in [1.29, 1.82) is 0 Å². The number of halogens is 2. The lowest BCUT2D eigenvalue weighted by Gasteiger charge is -2.10. The van der Waals surface area contributed by atoms with Gasteiger partial charge < -0.3 is 0 Å². The molecule has 0 aliphatic carbocycles. The van der Waals surface area contributed by atoms with Gasteiger partial charge in [0.2, 0.25) is 0 Å². The van der Waals surface area contributed by atoms with Crippen molar-refractivity contribution in [2.24, 2.45) is 0 Å². The van der Waals surface area contributed by atoms with Crippen LogP contribution in [0.5, 0.6) is 0 Å². The van der Waals surface area contributed by atoms with Crippen LogP contribution in [0.1, 0.15) is 5.56 Å². The van der Waals surface area contributed by atoms with Gasteiger partial charge in [0.05, 0.1) is 5.69 Å². The molecule has 0 radical (unpaired) electrons. The van der Waals surface area contributed by atoms with Crippen molar-refractivity contribution in [1.82, 2.24) is 0 Å². The molecule has 4 nitrogen and oxygen atoms in total. The Morgan fingerprint density at radius 2 is 1.77 bits per heavy atom. The summed E-state index contributed by atoms with van der Waals surface area (Å²) < 4.78 is 65.0. The van der Waals surface area contributed by atoms with E-state index in [1.54, 1.807) is 6.07 Å². The first-order chi connectivity index (χ1) is 10.2. The molecule has 0 saturated heterocycles. The molecule has 0 amide bonds. The fourth-order valence-corrected chi connectivity index (χ4v) is 3.54. The van der Waals surface area contributed by atoms with Gasteiger partial charge in [-0.25, -0.2) is 17.2 Å². The number of rotatable bonds is 4. The van der Waals surface area contributed by atoms with E-state index in [0.717, 1.165) is 6.07 Å². The standard InChI is InChI=1S/C14H13F2NO3S2/c1-9-6-14(13(16)8-12(9)15)22(19,20)17-10-4-3-5-11(7-10)21(2)18/h3-8,17H,1-2H3/t21-/m1/s1. The van der Waals surface area contributed by atoms with Crippen LogP contribution in [-0.2, 0) is 20.8 Å². The zero-order valence-corrected chi connectivity index (χ0v) is 13.4. The lowest BCUT2D eigenvalue weighted by Crippen LogP contribution is -2.15. The van der Waals surface area contributed by atoms with E-state index >= 15 is 0 Å². The van der Waals surface area contributed by atoms with Crippen molar-refractivity contribution in [2.75, 3.05) is 11.0 Å². The molecule has 0 fully saturated rings. The number of benzene rings is 2. The molecule has 0 aliphatic heterocycles. The Bertz CT molecular complexity index is 851. The second kappa shape index (κ2) is 6.13. The maximum absolute atomic E-state index is 13.7. The van der Waals surface area contributed by atoms with Gasteiger partial charge in [0.1, 0.15) is 16.5 Å². The van der Waals surface area contributed by atoms with Gasteiger partial charge in [0.15, 0.2) is 0 Å². The van der Waals surface area contributed by atoms with Crippen LogP contribution in [0.25, 0.3) is 0 Å². The van der Waals surface area contributed by atoms with E-state index in [0.29, 0.717) is 11.0 Å². The minimum absolute atomic E-state index is 0.0187. The summed E-state index contributed by atoms with van der Waals surface area (Å²) in [6.45, 7) is 1.34. The highest BCUT2D eigenvalue weighted by atomic mass is 32.2. The van der Waals surface area contributed by atoms with E-state index < -0.39 is 37.4 Å². The van der Waals surface area contributed by atoms with Crippen LogP contribution in [0, 0.1) is 18.6 Å². The summed E-state index contributed by atoms with van der Waals surface area (Å²) in [5.74, 6) is -1.99. The van der Waals surface area contributed by atoms with Gasteiger partial charge in [-0.2, -0.15) is 0 Å². The number of anilines is 1. The summed E-state index contributed by atoms with van der Waals surface area (Å²) in [5, 5.41) is 0. The van der Waals surface area contributed by atoms with Crippen LogP contribution in [0.15, 0.2) is 46.2 Å². The molecule has 22 heavy (non-hydrogen) atoms. The molecule has 8 heteroatoms. The Labute approximate surface area is 129 Å². The van der Waals surface area contributed by atoms with Gasteiger partial charge in [-0.05, 0) is 36.8 Å². The number of nitrogens with one attached hydrogen (secondary N) is 1. The third kappa shape index (κ3) is 3.50. The van der Waals surface area contributed by atoms with Gasteiger partial charge in [-0.3, -0.25) is 8.93 Å². The van der Waals surface area contributed by atoms with E-state index in [4.69, 9.17) is 0 Å². The molecule has 0 spiro atoms. The second-order valence-electron chi connectivity index (χ2n) is 4.62. The topological polar surface area (TPSA) is 63.2 Å². The van der Waals surface area contributed by atoms with Gasteiger partial charge >= 0.3 is 0 Å².